The second kappa shape index (κ2) is 8.82. The lowest BCUT2D eigenvalue weighted by Gasteiger charge is -2.37. The number of likely N-dealkylation sites (tertiary alicyclic amines) is 2. The van der Waals surface area contributed by atoms with E-state index in [1.807, 2.05) is 0 Å². The lowest BCUT2D eigenvalue weighted by molar-refractivity contribution is -0.136. The fourth-order valence-electron chi connectivity index (χ4n) is 4.76. The van der Waals surface area contributed by atoms with Crippen molar-refractivity contribution in [3.05, 3.63) is 30.1 Å². The summed E-state index contributed by atoms with van der Waals surface area (Å²) in [5.41, 5.74) is -0.813. The van der Waals surface area contributed by atoms with Crippen LogP contribution in [0.25, 0.3) is 0 Å². The predicted molar refractivity (Wildman–Crippen MR) is 111 cm³/mol. The Morgan fingerprint density at radius 1 is 1.23 bits per heavy atom. The Balaban J connectivity index is 1.33. The van der Waals surface area contributed by atoms with Gasteiger partial charge in [-0.2, -0.15) is 0 Å². The van der Waals surface area contributed by atoms with Crippen LogP contribution < -0.4 is 10.1 Å². The van der Waals surface area contributed by atoms with Gasteiger partial charge >= 0.3 is 6.03 Å². The number of hydrogen-bond donors (Lipinski definition) is 1. The molecule has 1 aromatic carbocycles. The third kappa shape index (κ3) is 4.23. The molecule has 0 bridgehead atoms. The maximum atomic E-state index is 13.7. The first-order chi connectivity index (χ1) is 14.9. The Morgan fingerprint density at radius 2 is 1.97 bits per heavy atom. The monoisotopic (exact) mass is 432 g/mol. The van der Waals surface area contributed by atoms with Crippen LogP contribution in [-0.2, 0) is 9.59 Å². The highest BCUT2D eigenvalue weighted by molar-refractivity contribution is 6.07. The van der Waals surface area contributed by atoms with E-state index in [-0.39, 0.29) is 42.8 Å². The number of benzene rings is 1. The van der Waals surface area contributed by atoms with Gasteiger partial charge in [-0.15, -0.1) is 0 Å². The average Bonchev–Trinajstić information content (AvgIpc) is 3.32. The first-order valence-electron chi connectivity index (χ1n) is 11.0. The molecular formula is C22H29FN4O4. The number of urea groups is 1. The maximum absolute atomic E-state index is 13.7. The third-order valence-corrected chi connectivity index (χ3v) is 6.51. The Hall–Kier alpha value is -2.68. The second-order valence-corrected chi connectivity index (χ2v) is 8.53. The Morgan fingerprint density at radius 3 is 2.68 bits per heavy atom. The van der Waals surface area contributed by atoms with Crippen LogP contribution in [0.15, 0.2) is 24.3 Å². The number of piperidine rings is 1. The molecule has 1 aromatic rings. The lowest BCUT2D eigenvalue weighted by Crippen LogP contribution is -2.55. The van der Waals surface area contributed by atoms with Crippen molar-refractivity contribution in [2.75, 3.05) is 39.3 Å². The number of carbonyl (C=O) groups excluding carboxylic acids is 3. The van der Waals surface area contributed by atoms with Crippen molar-refractivity contribution in [2.45, 2.75) is 44.2 Å². The number of imide groups is 1. The highest BCUT2D eigenvalue weighted by Crippen LogP contribution is 2.32. The summed E-state index contributed by atoms with van der Waals surface area (Å²) < 4.78 is 19.0. The standard InChI is InChI=1S/C22H29FN4O4/c1-2-10-25-12-8-22(9-13-25)20(29)27(21(30)24-22)16-7-11-26(14-16)19(28)15-31-18-6-4-3-5-17(18)23/h3-6,16H,2,7-15H2,1H3,(H,24,30)/t16-/m0/s1. The van der Waals surface area contributed by atoms with Crippen LogP contribution in [0.3, 0.4) is 0 Å². The highest BCUT2D eigenvalue weighted by Gasteiger charge is 2.54. The van der Waals surface area contributed by atoms with Gasteiger partial charge in [0.25, 0.3) is 11.8 Å². The zero-order valence-electron chi connectivity index (χ0n) is 17.8. The van der Waals surface area contributed by atoms with Crippen molar-refractivity contribution in [3.63, 3.8) is 0 Å². The van der Waals surface area contributed by atoms with Gasteiger partial charge < -0.3 is 19.9 Å². The molecule has 3 fully saturated rings. The molecule has 4 rings (SSSR count). The topological polar surface area (TPSA) is 82.2 Å². The first kappa shape index (κ1) is 21.5. The summed E-state index contributed by atoms with van der Waals surface area (Å²) >= 11 is 0. The maximum Gasteiger partial charge on any atom is 0.325 e. The van der Waals surface area contributed by atoms with Crippen molar-refractivity contribution in [1.29, 1.82) is 0 Å². The van der Waals surface area contributed by atoms with Crippen molar-refractivity contribution < 1.29 is 23.5 Å². The van der Waals surface area contributed by atoms with Crippen LogP contribution in [0.2, 0.25) is 0 Å². The van der Waals surface area contributed by atoms with Gasteiger partial charge in [-0.3, -0.25) is 14.5 Å². The van der Waals surface area contributed by atoms with Crippen LogP contribution in [0.4, 0.5) is 9.18 Å². The normalized spacial score (nSPS) is 23.5. The lowest BCUT2D eigenvalue weighted by atomic mass is 9.87. The zero-order chi connectivity index (χ0) is 22.0. The first-order valence-corrected chi connectivity index (χ1v) is 11.0. The van der Waals surface area contributed by atoms with Gasteiger partial charge in [0, 0.05) is 26.2 Å². The van der Waals surface area contributed by atoms with E-state index in [4.69, 9.17) is 4.74 Å². The number of halogens is 1. The van der Waals surface area contributed by atoms with E-state index in [1.54, 1.807) is 17.0 Å². The van der Waals surface area contributed by atoms with Gasteiger partial charge in [-0.05, 0) is 44.4 Å². The Labute approximate surface area is 181 Å². The van der Waals surface area contributed by atoms with E-state index >= 15 is 0 Å². The third-order valence-electron chi connectivity index (χ3n) is 6.51. The van der Waals surface area contributed by atoms with E-state index < -0.39 is 11.4 Å². The molecule has 0 saturated carbocycles. The second-order valence-electron chi connectivity index (χ2n) is 8.53. The fraction of sp³-hybridized carbons (Fsp3) is 0.591. The summed E-state index contributed by atoms with van der Waals surface area (Å²) in [6.07, 6.45) is 2.81. The van der Waals surface area contributed by atoms with Crippen molar-refractivity contribution in [1.82, 2.24) is 20.0 Å². The quantitative estimate of drug-likeness (QED) is 0.691. The SMILES string of the molecule is CCCN1CCC2(CC1)NC(=O)N([C@H]1CCN(C(=O)COc3ccccc3F)C1)C2=O. The zero-order valence-corrected chi connectivity index (χ0v) is 17.8. The number of hydrogen-bond acceptors (Lipinski definition) is 5. The van der Waals surface area contributed by atoms with E-state index in [1.165, 1.54) is 17.0 Å². The number of ether oxygens (including phenoxy) is 1. The molecule has 1 atom stereocenters. The Bertz CT molecular complexity index is 856. The molecule has 8 nitrogen and oxygen atoms in total. The van der Waals surface area contributed by atoms with Gasteiger partial charge in [0.15, 0.2) is 18.2 Å². The van der Waals surface area contributed by atoms with E-state index in [9.17, 15) is 18.8 Å². The molecule has 1 spiro atoms. The van der Waals surface area contributed by atoms with Gasteiger partial charge in [0.1, 0.15) is 5.54 Å². The molecule has 0 unspecified atom stereocenters. The smallest absolute Gasteiger partial charge is 0.325 e. The minimum atomic E-state index is -0.813. The van der Waals surface area contributed by atoms with Crippen molar-refractivity contribution in [3.8, 4) is 5.75 Å². The van der Waals surface area contributed by atoms with Crippen LogP contribution in [0.1, 0.15) is 32.6 Å². The molecule has 31 heavy (non-hydrogen) atoms. The molecule has 0 aromatic heterocycles. The summed E-state index contributed by atoms with van der Waals surface area (Å²) in [5.74, 6) is -0.961. The van der Waals surface area contributed by atoms with Crippen LogP contribution in [0.5, 0.6) is 5.75 Å². The van der Waals surface area contributed by atoms with Crippen molar-refractivity contribution >= 4 is 17.8 Å². The van der Waals surface area contributed by atoms with E-state index in [0.717, 1.165) is 26.1 Å². The molecule has 3 heterocycles. The molecule has 0 radical (unpaired) electrons. The molecule has 3 aliphatic heterocycles. The molecule has 1 N–H and O–H groups in total. The van der Waals surface area contributed by atoms with Gasteiger partial charge in [-0.25, -0.2) is 9.18 Å². The number of para-hydroxylation sites is 1. The van der Waals surface area contributed by atoms with Gasteiger partial charge in [-0.1, -0.05) is 19.1 Å². The molecule has 3 aliphatic rings. The van der Waals surface area contributed by atoms with Crippen molar-refractivity contribution in [2.24, 2.45) is 0 Å². The molecular weight excluding hydrogens is 403 g/mol. The van der Waals surface area contributed by atoms with E-state index in [0.29, 0.717) is 25.8 Å². The summed E-state index contributed by atoms with van der Waals surface area (Å²) in [7, 11) is 0. The minimum absolute atomic E-state index is 0.0250. The number of nitrogens with zero attached hydrogens (tertiary/aromatic N) is 3. The minimum Gasteiger partial charge on any atom is -0.481 e. The number of carbonyl (C=O) groups is 3. The molecule has 168 valence electrons. The Kier molecular flexibility index (Phi) is 6.13. The van der Waals surface area contributed by atoms with Crippen LogP contribution >= 0.6 is 0 Å². The van der Waals surface area contributed by atoms with E-state index in [2.05, 4.69) is 17.1 Å². The predicted octanol–water partition coefficient (Wildman–Crippen LogP) is 1.60. The molecule has 4 amide bonds. The van der Waals surface area contributed by atoms with Gasteiger partial charge in [0.05, 0.1) is 6.04 Å². The number of nitrogens with one attached hydrogen (secondary N) is 1. The van der Waals surface area contributed by atoms with Crippen LogP contribution in [-0.4, -0.2) is 83.5 Å². The number of amides is 4. The summed E-state index contributed by atoms with van der Waals surface area (Å²) in [4.78, 5) is 43.6. The highest BCUT2D eigenvalue weighted by atomic mass is 19.1. The van der Waals surface area contributed by atoms with Crippen LogP contribution in [0, 0.1) is 5.82 Å². The number of rotatable bonds is 6. The fourth-order valence-corrected chi connectivity index (χ4v) is 4.76. The molecule has 3 saturated heterocycles. The summed E-state index contributed by atoms with van der Waals surface area (Å²) in [6.45, 7) is 5.12. The molecule has 9 heteroatoms. The van der Waals surface area contributed by atoms with Gasteiger partial charge in [0.2, 0.25) is 0 Å². The average molecular weight is 432 g/mol. The largest absolute Gasteiger partial charge is 0.481 e. The summed E-state index contributed by atoms with van der Waals surface area (Å²) in [5, 5.41) is 2.95. The summed E-state index contributed by atoms with van der Waals surface area (Å²) in [6, 6.07) is 5.20. The molecule has 0 aliphatic carbocycles.